The molecule has 1 heterocycles. The molecule has 4 heteroatoms. The average molecular weight is 339 g/mol. The predicted molar refractivity (Wildman–Crippen MR) is 101 cm³/mol. The summed E-state index contributed by atoms with van der Waals surface area (Å²) in [5, 5.41) is 0. The summed E-state index contributed by atoms with van der Waals surface area (Å²) in [6, 6.07) is 0. The van der Waals surface area contributed by atoms with E-state index in [0.29, 0.717) is 18.4 Å². The van der Waals surface area contributed by atoms with Gasteiger partial charge < -0.3 is 15.4 Å². The van der Waals surface area contributed by atoms with Gasteiger partial charge in [0, 0.05) is 18.6 Å². The van der Waals surface area contributed by atoms with Gasteiger partial charge in [-0.25, -0.2) is 4.79 Å². The van der Waals surface area contributed by atoms with Crippen LogP contribution >= 0.6 is 0 Å². The van der Waals surface area contributed by atoms with E-state index >= 15 is 0 Å². The summed E-state index contributed by atoms with van der Waals surface area (Å²) in [4.78, 5) is 14.1. The predicted octanol–water partition coefficient (Wildman–Crippen LogP) is 4.59. The van der Waals surface area contributed by atoms with Crippen molar-refractivity contribution in [3.05, 3.63) is 12.7 Å². The van der Waals surface area contributed by atoms with Gasteiger partial charge in [-0.2, -0.15) is 0 Å². The van der Waals surface area contributed by atoms with Crippen LogP contribution in [0.25, 0.3) is 0 Å². The van der Waals surface area contributed by atoms with Crippen LogP contribution in [0.3, 0.4) is 0 Å². The van der Waals surface area contributed by atoms with Crippen LogP contribution in [0, 0.1) is 17.3 Å². The van der Waals surface area contributed by atoms with Crippen LogP contribution in [0.2, 0.25) is 0 Å². The quantitative estimate of drug-likeness (QED) is 0.746. The van der Waals surface area contributed by atoms with Crippen LogP contribution in [0.15, 0.2) is 12.7 Å². The highest BCUT2D eigenvalue weighted by molar-refractivity contribution is 5.67. The van der Waals surface area contributed by atoms with Crippen LogP contribution in [0.1, 0.15) is 66.7 Å². The molecule has 140 valence electrons. The molecule has 1 unspecified atom stereocenters. The third-order valence-electron chi connectivity index (χ3n) is 5.09. The lowest BCUT2D eigenvalue weighted by Crippen LogP contribution is -2.46. The van der Waals surface area contributed by atoms with E-state index in [1.165, 1.54) is 0 Å². The number of allylic oxidation sites excluding steroid dienone is 1. The third-order valence-corrected chi connectivity index (χ3v) is 5.09. The lowest BCUT2D eigenvalue weighted by atomic mass is 9.77. The molecule has 4 nitrogen and oxygen atoms in total. The molecule has 0 radical (unpaired) electrons. The number of carbonyl (C=O) groups is 1. The van der Waals surface area contributed by atoms with Gasteiger partial charge in [-0.15, -0.1) is 6.58 Å². The fraction of sp³-hybridized carbons (Fsp3) is 0.850. The van der Waals surface area contributed by atoms with Crippen LogP contribution in [-0.2, 0) is 4.74 Å². The van der Waals surface area contributed by atoms with Gasteiger partial charge in [0.15, 0.2) is 0 Å². The Morgan fingerprint density at radius 2 is 1.83 bits per heavy atom. The number of hydrogen-bond acceptors (Lipinski definition) is 3. The standard InChI is InChI=1S/C20H38N2O2/c1-7-16(2)17(3)14-20(21)10-8-12-22(13-9-11-20)18(23)24-15-19(4,5)6/h7,16-17H,1,8-15,21H2,2-6H3/t16?,17-/m1/s1. The van der Waals surface area contributed by atoms with Crippen molar-refractivity contribution in [1.82, 2.24) is 4.90 Å². The zero-order valence-corrected chi connectivity index (χ0v) is 16.4. The maximum absolute atomic E-state index is 12.2. The Morgan fingerprint density at radius 1 is 1.29 bits per heavy atom. The van der Waals surface area contributed by atoms with Gasteiger partial charge >= 0.3 is 6.09 Å². The van der Waals surface area contributed by atoms with Crippen molar-refractivity contribution >= 4 is 6.09 Å². The second-order valence-corrected chi connectivity index (χ2v) is 8.95. The molecule has 24 heavy (non-hydrogen) atoms. The second-order valence-electron chi connectivity index (χ2n) is 8.95. The maximum Gasteiger partial charge on any atom is 0.409 e. The van der Waals surface area contributed by atoms with Crippen molar-refractivity contribution in [2.24, 2.45) is 23.0 Å². The number of nitrogens with two attached hydrogens (primary N) is 1. The first kappa shape index (κ1) is 21.0. The Balaban J connectivity index is 2.50. The smallest absolute Gasteiger partial charge is 0.409 e. The van der Waals surface area contributed by atoms with E-state index in [0.717, 1.165) is 45.2 Å². The number of rotatable bonds is 5. The summed E-state index contributed by atoms with van der Waals surface area (Å²) < 4.78 is 5.45. The molecule has 0 spiro atoms. The van der Waals surface area contributed by atoms with Gasteiger partial charge in [0.2, 0.25) is 0 Å². The molecule has 0 aromatic heterocycles. The van der Waals surface area contributed by atoms with Crippen LogP contribution in [0.4, 0.5) is 4.79 Å². The summed E-state index contributed by atoms with van der Waals surface area (Å²) in [7, 11) is 0. The zero-order valence-electron chi connectivity index (χ0n) is 16.4. The van der Waals surface area contributed by atoms with E-state index in [2.05, 4.69) is 41.2 Å². The van der Waals surface area contributed by atoms with Gasteiger partial charge in [0.1, 0.15) is 0 Å². The summed E-state index contributed by atoms with van der Waals surface area (Å²) in [5.74, 6) is 1.03. The topological polar surface area (TPSA) is 55.6 Å². The second kappa shape index (κ2) is 8.89. The Morgan fingerprint density at radius 3 is 2.29 bits per heavy atom. The highest BCUT2D eigenvalue weighted by atomic mass is 16.6. The van der Waals surface area contributed by atoms with Crippen molar-refractivity contribution in [2.75, 3.05) is 19.7 Å². The van der Waals surface area contributed by atoms with Crippen molar-refractivity contribution in [1.29, 1.82) is 0 Å². The van der Waals surface area contributed by atoms with Gasteiger partial charge in [-0.1, -0.05) is 40.7 Å². The molecule has 2 atom stereocenters. The normalized spacial score (nSPS) is 21.3. The molecule has 1 saturated heterocycles. The number of hydrogen-bond donors (Lipinski definition) is 1. The summed E-state index contributed by atoms with van der Waals surface area (Å²) in [5.41, 5.74) is 6.58. The lowest BCUT2D eigenvalue weighted by Gasteiger charge is -2.37. The first-order valence-corrected chi connectivity index (χ1v) is 9.39. The Bertz CT molecular complexity index is 404. The minimum Gasteiger partial charge on any atom is -0.449 e. The number of nitrogens with zero attached hydrogens (tertiary/aromatic N) is 1. The van der Waals surface area contributed by atoms with Crippen molar-refractivity contribution < 1.29 is 9.53 Å². The van der Waals surface area contributed by atoms with Crippen molar-refractivity contribution in [3.8, 4) is 0 Å². The largest absolute Gasteiger partial charge is 0.449 e. The summed E-state index contributed by atoms with van der Waals surface area (Å²) in [6.07, 6.45) is 6.67. The highest BCUT2D eigenvalue weighted by Crippen LogP contribution is 2.30. The third kappa shape index (κ3) is 7.25. The molecule has 0 aromatic rings. The van der Waals surface area contributed by atoms with E-state index < -0.39 is 0 Å². The molecule has 0 bridgehead atoms. The Hall–Kier alpha value is -1.03. The van der Waals surface area contributed by atoms with Crippen LogP contribution in [0.5, 0.6) is 0 Å². The molecule has 1 amide bonds. The first-order chi connectivity index (χ1) is 11.1. The molecule has 0 aliphatic carbocycles. The number of ether oxygens (including phenoxy) is 1. The minimum atomic E-state index is -0.178. The van der Waals surface area contributed by atoms with E-state index in [1.807, 2.05) is 11.0 Å². The fourth-order valence-corrected chi connectivity index (χ4v) is 3.30. The molecule has 0 saturated carbocycles. The SMILES string of the molecule is C=CC(C)[C@H](C)CC1(N)CCCN(C(=O)OCC(C)(C)C)CCC1. The maximum atomic E-state index is 12.2. The molecule has 1 fully saturated rings. The minimum absolute atomic E-state index is 0.00277. The van der Waals surface area contributed by atoms with E-state index in [-0.39, 0.29) is 17.0 Å². The van der Waals surface area contributed by atoms with Gasteiger partial charge in [0.25, 0.3) is 0 Å². The Labute approximate surface area is 148 Å². The number of amides is 1. The lowest BCUT2D eigenvalue weighted by molar-refractivity contribution is 0.0670. The summed E-state index contributed by atoms with van der Waals surface area (Å²) in [6.45, 7) is 16.5. The van der Waals surface area contributed by atoms with E-state index in [9.17, 15) is 4.79 Å². The van der Waals surface area contributed by atoms with Crippen molar-refractivity contribution in [2.45, 2.75) is 72.3 Å². The van der Waals surface area contributed by atoms with Crippen LogP contribution < -0.4 is 5.73 Å². The summed E-state index contributed by atoms with van der Waals surface area (Å²) >= 11 is 0. The fourth-order valence-electron chi connectivity index (χ4n) is 3.30. The first-order valence-electron chi connectivity index (χ1n) is 9.39. The van der Waals surface area contributed by atoms with Gasteiger partial charge in [-0.3, -0.25) is 0 Å². The monoisotopic (exact) mass is 338 g/mol. The molecule has 1 aliphatic rings. The molecule has 1 aliphatic heterocycles. The van der Waals surface area contributed by atoms with Gasteiger partial charge in [0.05, 0.1) is 6.61 Å². The van der Waals surface area contributed by atoms with E-state index in [4.69, 9.17) is 10.5 Å². The molecule has 0 aromatic carbocycles. The highest BCUT2D eigenvalue weighted by Gasteiger charge is 2.31. The van der Waals surface area contributed by atoms with Gasteiger partial charge in [-0.05, 0) is 49.4 Å². The zero-order chi connectivity index (χ0) is 18.4. The molecular weight excluding hydrogens is 300 g/mol. The average Bonchev–Trinajstić information content (AvgIpc) is 2.47. The number of likely N-dealkylation sites (tertiary alicyclic amines) is 1. The molecular formula is C20H38N2O2. The molecule has 2 N–H and O–H groups in total. The van der Waals surface area contributed by atoms with Crippen molar-refractivity contribution in [3.63, 3.8) is 0 Å². The number of carbonyl (C=O) groups excluding carboxylic acids is 1. The van der Waals surface area contributed by atoms with Crippen LogP contribution in [-0.4, -0.2) is 36.2 Å². The Kier molecular flexibility index (Phi) is 7.78. The molecule has 1 rings (SSSR count). The van der Waals surface area contributed by atoms with E-state index in [1.54, 1.807) is 0 Å².